The van der Waals surface area contributed by atoms with Crippen molar-refractivity contribution in [3.8, 4) is 26.9 Å². The van der Waals surface area contributed by atoms with Gasteiger partial charge in [-0.05, 0) is 69.2 Å². The van der Waals surface area contributed by atoms with Crippen LogP contribution in [0.15, 0.2) is 42.5 Å². The molecule has 2 aromatic carbocycles. The van der Waals surface area contributed by atoms with Gasteiger partial charge in [-0.15, -0.1) is 10.2 Å². The number of rotatable bonds is 13. The first-order chi connectivity index (χ1) is 19.1. The lowest BCUT2D eigenvalue weighted by Gasteiger charge is -2.22. The van der Waals surface area contributed by atoms with Crippen LogP contribution >= 0.6 is 11.3 Å². The number of ether oxygens (including phenoxy) is 3. The van der Waals surface area contributed by atoms with Gasteiger partial charge in [0.2, 0.25) is 0 Å². The second kappa shape index (κ2) is 14.7. The van der Waals surface area contributed by atoms with E-state index in [1.807, 2.05) is 24.3 Å². The Bertz CT molecular complexity index is 1260. The monoisotopic (exact) mass is 571 g/mol. The molecule has 3 rings (SSSR count). The number of methoxy groups -OCH3 is 1. The smallest absolute Gasteiger partial charge is 0.408 e. The van der Waals surface area contributed by atoms with Gasteiger partial charge < -0.3 is 19.5 Å². The Hall–Kier alpha value is -3.53. The summed E-state index contributed by atoms with van der Waals surface area (Å²) in [5, 5.41) is 12.0. The molecule has 1 N–H and O–H groups in total. The molecule has 40 heavy (non-hydrogen) atoms. The number of hydrogen-bond acceptors (Lipinski definition) is 8. The average molecular weight is 572 g/mol. The Morgan fingerprint density at radius 3 is 2.35 bits per heavy atom. The van der Waals surface area contributed by atoms with Crippen molar-refractivity contribution in [1.29, 1.82) is 0 Å². The molecule has 0 aliphatic carbocycles. The van der Waals surface area contributed by atoms with Gasteiger partial charge in [0.1, 0.15) is 28.2 Å². The van der Waals surface area contributed by atoms with E-state index in [1.165, 1.54) is 50.2 Å². The molecule has 3 aromatic rings. The number of carbonyl (C=O) groups is 2. The number of halogens is 1. The average Bonchev–Trinajstić information content (AvgIpc) is 3.39. The number of esters is 1. The van der Waals surface area contributed by atoms with Crippen molar-refractivity contribution in [1.82, 2.24) is 15.5 Å². The van der Waals surface area contributed by atoms with E-state index in [1.54, 1.807) is 32.9 Å². The van der Waals surface area contributed by atoms with E-state index in [-0.39, 0.29) is 6.42 Å². The van der Waals surface area contributed by atoms with Gasteiger partial charge in [-0.2, -0.15) is 0 Å². The summed E-state index contributed by atoms with van der Waals surface area (Å²) in [5.41, 5.74) is 0.927. The number of aromatic nitrogens is 2. The van der Waals surface area contributed by atoms with Gasteiger partial charge in [0.15, 0.2) is 5.01 Å². The van der Waals surface area contributed by atoms with Gasteiger partial charge in [-0.3, -0.25) is 0 Å². The second-order valence-electron chi connectivity index (χ2n) is 10.4. The molecular formula is C30H38FN3O5S. The topological polar surface area (TPSA) is 99.6 Å². The third kappa shape index (κ3) is 9.59. The molecule has 0 aliphatic heterocycles. The van der Waals surface area contributed by atoms with E-state index in [9.17, 15) is 9.59 Å². The number of unbranched alkanes of at least 4 members (excludes halogenated alkanes) is 4. The number of alkyl carbamates (subject to hydrolysis) is 1. The Labute approximate surface area is 239 Å². The zero-order valence-corrected chi connectivity index (χ0v) is 24.6. The van der Waals surface area contributed by atoms with E-state index >= 15 is 4.39 Å². The highest BCUT2D eigenvalue weighted by atomic mass is 32.1. The summed E-state index contributed by atoms with van der Waals surface area (Å²) < 4.78 is 31.0. The molecule has 0 fully saturated rings. The van der Waals surface area contributed by atoms with Crippen LogP contribution in [-0.4, -0.2) is 47.6 Å². The fourth-order valence-corrected chi connectivity index (χ4v) is 4.79. The molecule has 0 aliphatic rings. The number of amides is 1. The first-order valence-corrected chi connectivity index (χ1v) is 14.3. The maximum Gasteiger partial charge on any atom is 0.408 e. The summed E-state index contributed by atoms with van der Waals surface area (Å²) in [7, 11) is 1.22. The molecule has 1 atom stereocenters. The van der Waals surface area contributed by atoms with Crippen LogP contribution in [0.3, 0.4) is 0 Å². The molecule has 0 bridgehead atoms. The molecule has 0 saturated carbocycles. The van der Waals surface area contributed by atoms with E-state index < -0.39 is 29.5 Å². The summed E-state index contributed by atoms with van der Waals surface area (Å²) in [6.45, 7) is 8.04. The van der Waals surface area contributed by atoms with Gasteiger partial charge in [-0.25, -0.2) is 14.0 Å². The van der Waals surface area contributed by atoms with E-state index in [2.05, 4.69) is 22.4 Å². The van der Waals surface area contributed by atoms with E-state index in [0.717, 1.165) is 17.7 Å². The molecule has 0 saturated heterocycles. The number of nitrogens with zero attached hydrogens (tertiary/aromatic N) is 2. The third-order valence-corrected chi connectivity index (χ3v) is 6.93. The maximum absolute atomic E-state index is 15.1. The van der Waals surface area contributed by atoms with E-state index in [0.29, 0.717) is 27.7 Å². The minimum absolute atomic E-state index is 0.0254. The van der Waals surface area contributed by atoms with E-state index in [4.69, 9.17) is 14.2 Å². The highest BCUT2D eigenvalue weighted by molar-refractivity contribution is 7.17. The van der Waals surface area contributed by atoms with Crippen LogP contribution in [0.4, 0.5) is 9.18 Å². The normalized spacial score (nSPS) is 12.1. The van der Waals surface area contributed by atoms with Crippen LogP contribution in [0.25, 0.3) is 21.1 Å². The molecule has 0 radical (unpaired) electrons. The van der Waals surface area contributed by atoms with Gasteiger partial charge >= 0.3 is 12.1 Å². The molecule has 8 nitrogen and oxygen atoms in total. The first-order valence-electron chi connectivity index (χ1n) is 13.5. The highest BCUT2D eigenvalue weighted by Crippen LogP contribution is 2.32. The quantitative estimate of drug-likeness (QED) is 0.175. The molecule has 1 amide bonds. The minimum atomic E-state index is -1.04. The van der Waals surface area contributed by atoms with Crippen LogP contribution in [0, 0.1) is 5.82 Å². The number of carbonyl (C=O) groups excluding carboxylic acids is 2. The Balaban J connectivity index is 1.64. The summed E-state index contributed by atoms with van der Waals surface area (Å²) in [6, 6.07) is 11.2. The lowest BCUT2D eigenvalue weighted by atomic mass is 10.0. The van der Waals surface area contributed by atoms with Crippen LogP contribution < -0.4 is 10.1 Å². The van der Waals surface area contributed by atoms with Crippen molar-refractivity contribution in [2.45, 2.75) is 77.9 Å². The third-order valence-electron chi connectivity index (χ3n) is 5.92. The molecule has 1 heterocycles. The minimum Gasteiger partial charge on any atom is -0.494 e. The lowest BCUT2D eigenvalue weighted by molar-refractivity contribution is -0.143. The number of nitrogens with one attached hydrogen (secondary N) is 1. The molecule has 216 valence electrons. The van der Waals surface area contributed by atoms with Crippen LogP contribution in [0.2, 0.25) is 0 Å². The van der Waals surface area contributed by atoms with Gasteiger partial charge in [0.25, 0.3) is 0 Å². The summed E-state index contributed by atoms with van der Waals surface area (Å²) in [4.78, 5) is 24.4. The van der Waals surface area contributed by atoms with Crippen LogP contribution in [-0.2, 0) is 20.7 Å². The standard InChI is InChI=1S/C30H38FN3O5S/c1-6-7-8-9-10-17-38-22-14-12-21(13-15-22)26-33-34-27(40-26)23-16-11-20(18-24(23)31)19-25(28(35)37-5)32-29(36)39-30(2,3)4/h11-16,18,25H,6-10,17,19H2,1-5H3,(H,32,36)/t25-/m0/s1. The van der Waals surface area contributed by atoms with Gasteiger partial charge in [-0.1, -0.05) is 50.0 Å². The molecule has 0 unspecified atom stereocenters. The SMILES string of the molecule is CCCCCCCOc1ccc(-c2nnc(-c3ccc(C[C@H](NC(=O)OC(C)(C)C)C(=O)OC)cc3F)s2)cc1. The summed E-state index contributed by atoms with van der Waals surface area (Å²) in [6.07, 6.45) is 5.19. The van der Waals surface area contributed by atoms with Crippen molar-refractivity contribution in [2.75, 3.05) is 13.7 Å². The molecular weight excluding hydrogens is 533 g/mol. The maximum atomic E-state index is 15.1. The lowest BCUT2D eigenvalue weighted by Crippen LogP contribution is -2.45. The second-order valence-corrected chi connectivity index (χ2v) is 11.4. The predicted molar refractivity (Wildman–Crippen MR) is 154 cm³/mol. The number of benzene rings is 2. The van der Waals surface area contributed by atoms with Crippen molar-refractivity contribution >= 4 is 23.4 Å². The first kappa shape index (κ1) is 31.0. The van der Waals surface area contributed by atoms with Crippen molar-refractivity contribution < 1.29 is 28.2 Å². The molecule has 10 heteroatoms. The Kier molecular flexibility index (Phi) is 11.4. The van der Waals surface area contributed by atoms with Crippen LogP contribution in [0.5, 0.6) is 5.75 Å². The van der Waals surface area contributed by atoms with Crippen molar-refractivity contribution in [3.63, 3.8) is 0 Å². The highest BCUT2D eigenvalue weighted by Gasteiger charge is 2.26. The fraction of sp³-hybridized carbons (Fsp3) is 0.467. The summed E-state index contributed by atoms with van der Waals surface area (Å²) >= 11 is 1.28. The predicted octanol–water partition coefficient (Wildman–Crippen LogP) is 6.97. The van der Waals surface area contributed by atoms with Gasteiger partial charge in [0.05, 0.1) is 13.7 Å². The number of hydrogen-bond donors (Lipinski definition) is 1. The largest absolute Gasteiger partial charge is 0.494 e. The Morgan fingerprint density at radius 1 is 1.00 bits per heavy atom. The molecule has 0 spiro atoms. The Morgan fingerprint density at radius 2 is 1.70 bits per heavy atom. The van der Waals surface area contributed by atoms with Crippen molar-refractivity contribution in [2.24, 2.45) is 0 Å². The van der Waals surface area contributed by atoms with Crippen molar-refractivity contribution in [3.05, 3.63) is 53.8 Å². The van der Waals surface area contributed by atoms with Crippen LogP contribution in [0.1, 0.15) is 65.4 Å². The summed E-state index contributed by atoms with van der Waals surface area (Å²) in [5.74, 6) is -0.367. The molecule has 1 aromatic heterocycles. The fourth-order valence-electron chi connectivity index (χ4n) is 3.92. The zero-order valence-electron chi connectivity index (χ0n) is 23.8. The van der Waals surface area contributed by atoms with Gasteiger partial charge in [0, 0.05) is 17.5 Å². The zero-order chi connectivity index (χ0) is 29.1.